The predicted molar refractivity (Wildman–Crippen MR) is 82.1 cm³/mol. The molecule has 7 nitrogen and oxygen atoms in total. The molecule has 0 spiro atoms. The van der Waals surface area contributed by atoms with Crippen LogP contribution in [0.5, 0.6) is 0 Å². The zero-order valence-electron chi connectivity index (χ0n) is 13.8. The van der Waals surface area contributed by atoms with Crippen molar-refractivity contribution in [2.45, 2.75) is 33.7 Å². The molecule has 0 aromatic rings. The number of esters is 2. The lowest BCUT2D eigenvalue weighted by Crippen LogP contribution is -2.47. The Labute approximate surface area is 131 Å². The second kappa shape index (κ2) is 10.6. The van der Waals surface area contributed by atoms with Gasteiger partial charge in [0, 0.05) is 18.7 Å². The van der Waals surface area contributed by atoms with Gasteiger partial charge in [0.25, 0.3) is 0 Å². The monoisotopic (exact) mass is 314 g/mol. The second-order valence-corrected chi connectivity index (χ2v) is 5.59. The molecule has 0 heterocycles. The zero-order valence-corrected chi connectivity index (χ0v) is 13.8. The Morgan fingerprint density at radius 2 is 1.64 bits per heavy atom. The molecule has 2 N–H and O–H groups in total. The summed E-state index contributed by atoms with van der Waals surface area (Å²) in [6, 6.07) is -0.615. The largest absolute Gasteiger partial charge is 0.466 e. The normalized spacial score (nSPS) is 12.3. The molecule has 0 aliphatic heterocycles. The third kappa shape index (κ3) is 9.79. The number of rotatable bonds is 8. The van der Waals surface area contributed by atoms with Crippen LogP contribution in [-0.4, -0.2) is 44.3 Å². The molecule has 22 heavy (non-hydrogen) atoms. The summed E-state index contributed by atoms with van der Waals surface area (Å²) in [5, 5.41) is 5.50. The van der Waals surface area contributed by atoms with Crippen molar-refractivity contribution < 1.29 is 23.9 Å². The van der Waals surface area contributed by atoms with E-state index in [4.69, 9.17) is 4.74 Å². The standard InChI is InChI=1S/C15H26N2O5/c1-10(2)8-16-15(20)17-12(11(3)4)9-22-14(19)7-6-13(18)21-5/h6-7,10-12H,8-9H2,1-5H3,(H2,16,17,20)/b7-6+/t12-/m0/s1. The summed E-state index contributed by atoms with van der Waals surface area (Å²) >= 11 is 0. The highest BCUT2D eigenvalue weighted by atomic mass is 16.5. The molecule has 0 radical (unpaired) electrons. The Morgan fingerprint density at radius 1 is 1.05 bits per heavy atom. The zero-order chi connectivity index (χ0) is 17.1. The first-order chi connectivity index (χ1) is 10.3. The maximum Gasteiger partial charge on any atom is 0.331 e. The smallest absolute Gasteiger partial charge is 0.331 e. The van der Waals surface area contributed by atoms with Gasteiger partial charge in [-0.1, -0.05) is 27.7 Å². The number of carbonyl (C=O) groups excluding carboxylic acids is 3. The van der Waals surface area contributed by atoms with Gasteiger partial charge in [-0.3, -0.25) is 0 Å². The first kappa shape index (κ1) is 19.9. The van der Waals surface area contributed by atoms with Crippen LogP contribution < -0.4 is 10.6 Å². The van der Waals surface area contributed by atoms with Crippen LogP contribution in [-0.2, 0) is 19.1 Å². The Hall–Kier alpha value is -2.05. The number of hydrogen-bond acceptors (Lipinski definition) is 5. The van der Waals surface area contributed by atoms with E-state index in [1.165, 1.54) is 7.11 Å². The average molecular weight is 314 g/mol. The number of hydrogen-bond donors (Lipinski definition) is 2. The fourth-order valence-corrected chi connectivity index (χ4v) is 1.34. The third-order valence-electron chi connectivity index (χ3n) is 2.75. The molecule has 0 aromatic heterocycles. The number of carbonyl (C=O) groups is 3. The highest BCUT2D eigenvalue weighted by Gasteiger charge is 2.18. The Kier molecular flexibility index (Phi) is 9.65. The molecule has 1 atom stereocenters. The van der Waals surface area contributed by atoms with E-state index >= 15 is 0 Å². The summed E-state index contributed by atoms with van der Waals surface area (Å²) in [6.07, 6.45) is 1.97. The summed E-state index contributed by atoms with van der Waals surface area (Å²) in [5.41, 5.74) is 0. The summed E-state index contributed by atoms with van der Waals surface area (Å²) in [4.78, 5) is 34.0. The molecule has 0 unspecified atom stereocenters. The molecule has 0 aliphatic rings. The van der Waals surface area contributed by atoms with Crippen molar-refractivity contribution in [2.75, 3.05) is 20.3 Å². The van der Waals surface area contributed by atoms with E-state index < -0.39 is 11.9 Å². The van der Waals surface area contributed by atoms with Crippen molar-refractivity contribution >= 4 is 18.0 Å². The molecule has 0 fully saturated rings. The number of ether oxygens (including phenoxy) is 2. The lowest BCUT2D eigenvalue weighted by molar-refractivity contribution is -0.140. The van der Waals surface area contributed by atoms with E-state index in [0.29, 0.717) is 12.5 Å². The van der Waals surface area contributed by atoms with Gasteiger partial charge < -0.3 is 20.1 Å². The van der Waals surface area contributed by atoms with Gasteiger partial charge in [-0.2, -0.15) is 0 Å². The topological polar surface area (TPSA) is 93.7 Å². The average Bonchev–Trinajstić information content (AvgIpc) is 2.46. The van der Waals surface area contributed by atoms with Crippen LogP contribution in [0.3, 0.4) is 0 Å². The number of amides is 2. The summed E-state index contributed by atoms with van der Waals surface area (Å²) in [5.74, 6) is -0.865. The van der Waals surface area contributed by atoms with E-state index in [1.54, 1.807) is 0 Å². The fourth-order valence-electron chi connectivity index (χ4n) is 1.34. The summed E-state index contributed by atoms with van der Waals surface area (Å²) in [7, 11) is 1.21. The van der Waals surface area contributed by atoms with Gasteiger partial charge in [0.15, 0.2) is 0 Å². The van der Waals surface area contributed by atoms with E-state index in [9.17, 15) is 14.4 Å². The third-order valence-corrected chi connectivity index (χ3v) is 2.75. The molecule has 0 bridgehead atoms. The van der Waals surface area contributed by atoms with Crippen LogP contribution in [0.15, 0.2) is 12.2 Å². The first-order valence-corrected chi connectivity index (χ1v) is 7.23. The molecular formula is C15H26N2O5. The number of urea groups is 1. The molecule has 126 valence electrons. The molecule has 2 amide bonds. The number of nitrogens with one attached hydrogen (secondary N) is 2. The Balaban J connectivity index is 4.30. The maximum absolute atomic E-state index is 11.7. The van der Waals surface area contributed by atoms with Crippen LogP contribution in [0.2, 0.25) is 0 Å². The van der Waals surface area contributed by atoms with Crippen LogP contribution in [0.4, 0.5) is 4.79 Å². The van der Waals surface area contributed by atoms with E-state index in [1.807, 2.05) is 27.7 Å². The van der Waals surface area contributed by atoms with Crippen molar-refractivity contribution in [1.29, 1.82) is 0 Å². The van der Waals surface area contributed by atoms with Gasteiger partial charge in [-0.15, -0.1) is 0 Å². The van der Waals surface area contributed by atoms with Crippen LogP contribution >= 0.6 is 0 Å². The lowest BCUT2D eigenvalue weighted by atomic mass is 10.1. The fraction of sp³-hybridized carbons (Fsp3) is 0.667. The van der Waals surface area contributed by atoms with Gasteiger partial charge in [0.05, 0.1) is 13.2 Å². The van der Waals surface area contributed by atoms with E-state index in [2.05, 4.69) is 15.4 Å². The maximum atomic E-state index is 11.7. The van der Waals surface area contributed by atoms with Gasteiger partial charge in [-0.25, -0.2) is 14.4 Å². The molecule has 0 rings (SSSR count). The van der Waals surface area contributed by atoms with Gasteiger partial charge in [0.2, 0.25) is 0 Å². The molecular weight excluding hydrogens is 288 g/mol. The van der Waals surface area contributed by atoms with Crippen LogP contribution in [0.1, 0.15) is 27.7 Å². The van der Waals surface area contributed by atoms with Crippen molar-refractivity contribution in [3.05, 3.63) is 12.2 Å². The van der Waals surface area contributed by atoms with Crippen molar-refractivity contribution in [1.82, 2.24) is 10.6 Å². The summed E-state index contributed by atoms with van der Waals surface area (Å²) < 4.78 is 9.38. The molecule has 0 aliphatic carbocycles. The van der Waals surface area contributed by atoms with Gasteiger partial charge in [-0.05, 0) is 11.8 Å². The van der Waals surface area contributed by atoms with E-state index in [-0.39, 0.29) is 24.6 Å². The molecule has 0 saturated heterocycles. The van der Waals surface area contributed by atoms with Crippen molar-refractivity contribution in [3.63, 3.8) is 0 Å². The quantitative estimate of drug-likeness (QED) is 0.519. The molecule has 0 aromatic carbocycles. The van der Waals surface area contributed by atoms with Crippen molar-refractivity contribution in [2.24, 2.45) is 11.8 Å². The van der Waals surface area contributed by atoms with E-state index in [0.717, 1.165) is 12.2 Å². The Bertz CT molecular complexity index is 405. The summed E-state index contributed by atoms with van der Waals surface area (Å²) in [6.45, 7) is 8.40. The van der Waals surface area contributed by atoms with Crippen LogP contribution in [0, 0.1) is 11.8 Å². The number of methoxy groups -OCH3 is 1. The minimum absolute atomic E-state index is 0.0249. The van der Waals surface area contributed by atoms with Gasteiger partial charge >= 0.3 is 18.0 Å². The van der Waals surface area contributed by atoms with Gasteiger partial charge in [0.1, 0.15) is 6.61 Å². The minimum atomic E-state index is -0.666. The second-order valence-electron chi connectivity index (χ2n) is 5.59. The first-order valence-electron chi connectivity index (χ1n) is 7.23. The molecule has 7 heteroatoms. The molecule has 0 saturated carbocycles. The minimum Gasteiger partial charge on any atom is -0.466 e. The lowest BCUT2D eigenvalue weighted by Gasteiger charge is -2.22. The predicted octanol–water partition coefficient (Wildman–Crippen LogP) is 1.24. The van der Waals surface area contributed by atoms with Crippen molar-refractivity contribution in [3.8, 4) is 0 Å². The highest BCUT2D eigenvalue weighted by Crippen LogP contribution is 2.03. The SMILES string of the molecule is COC(=O)/C=C/C(=O)OC[C@H](NC(=O)NCC(C)C)C(C)C. The Morgan fingerprint density at radius 3 is 2.14 bits per heavy atom. The highest BCUT2D eigenvalue weighted by molar-refractivity contribution is 5.91. The van der Waals surface area contributed by atoms with Crippen LogP contribution in [0.25, 0.3) is 0 Å².